The van der Waals surface area contributed by atoms with E-state index in [0.717, 1.165) is 12.1 Å². The van der Waals surface area contributed by atoms with Crippen molar-refractivity contribution >= 4 is 44.6 Å². The van der Waals surface area contributed by atoms with Gasteiger partial charge < -0.3 is 15.4 Å². The Morgan fingerprint density at radius 1 is 1.09 bits per heavy atom. The highest BCUT2D eigenvalue weighted by atomic mass is 79.9. The molecular formula is C14H9BrF4N2OS. The molecule has 2 N–H and O–H groups in total. The minimum absolute atomic E-state index is 0.0235. The minimum Gasteiger partial charge on any atom is -0.406 e. The summed E-state index contributed by atoms with van der Waals surface area (Å²) in [6.45, 7) is 0. The van der Waals surface area contributed by atoms with E-state index in [4.69, 9.17) is 12.2 Å². The normalized spacial score (nSPS) is 11.0. The molecule has 0 heterocycles. The van der Waals surface area contributed by atoms with Crippen molar-refractivity contribution in [3.63, 3.8) is 0 Å². The maximum atomic E-state index is 13.7. The third-order valence-corrected chi connectivity index (χ3v) is 3.20. The van der Waals surface area contributed by atoms with Crippen LogP contribution in [0, 0.1) is 5.82 Å². The fourth-order valence-corrected chi connectivity index (χ4v) is 2.21. The van der Waals surface area contributed by atoms with E-state index < -0.39 is 12.2 Å². The molecule has 0 saturated heterocycles. The Morgan fingerprint density at radius 3 is 2.48 bits per heavy atom. The van der Waals surface area contributed by atoms with E-state index in [0.29, 0.717) is 4.47 Å². The summed E-state index contributed by atoms with van der Waals surface area (Å²) in [5, 5.41) is 5.29. The van der Waals surface area contributed by atoms with Gasteiger partial charge in [-0.2, -0.15) is 0 Å². The topological polar surface area (TPSA) is 33.3 Å². The Bertz CT molecular complexity index is 724. The molecule has 0 radical (unpaired) electrons. The van der Waals surface area contributed by atoms with Crippen LogP contribution in [0.1, 0.15) is 0 Å². The zero-order chi connectivity index (χ0) is 17.0. The molecule has 0 spiro atoms. The van der Waals surface area contributed by atoms with E-state index in [1.807, 2.05) is 0 Å². The average molecular weight is 409 g/mol. The molecule has 2 rings (SSSR count). The number of hydrogen-bond acceptors (Lipinski definition) is 2. The fourth-order valence-electron chi connectivity index (χ4n) is 1.65. The van der Waals surface area contributed by atoms with Crippen LogP contribution >= 0.6 is 28.1 Å². The third-order valence-electron chi connectivity index (χ3n) is 2.50. The number of hydrogen-bond donors (Lipinski definition) is 2. The molecule has 23 heavy (non-hydrogen) atoms. The molecule has 0 amide bonds. The Labute approximate surface area is 142 Å². The molecule has 0 unspecified atom stereocenters. The van der Waals surface area contributed by atoms with Crippen molar-refractivity contribution in [1.82, 2.24) is 0 Å². The monoisotopic (exact) mass is 408 g/mol. The molecule has 0 aliphatic rings. The average Bonchev–Trinajstić information content (AvgIpc) is 2.40. The smallest absolute Gasteiger partial charge is 0.406 e. The summed E-state index contributed by atoms with van der Waals surface area (Å²) in [6.07, 6.45) is -4.78. The molecule has 0 saturated carbocycles. The lowest BCUT2D eigenvalue weighted by Gasteiger charge is -2.13. The lowest BCUT2D eigenvalue weighted by atomic mass is 10.3. The zero-order valence-electron chi connectivity index (χ0n) is 11.2. The first kappa shape index (κ1) is 17.5. The van der Waals surface area contributed by atoms with Gasteiger partial charge in [0, 0.05) is 16.2 Å². The summed E-state index contributed by atoms with van der Waals surface area (Å²) in [5.74, 6) is -0.919. The van der Waals surface area contributed by atoms with E-state index in [1.54, 1.807) is 6.07 Å². The van der Waals surface area contributed by atoms with Gasteiger partial charge in [-0.05, 0) is 42.5 Å². The lowest BCUT2D eigenvalue weighted by Crippen LogP contribution is -2.20. The van der Waals surface area contributed by atoms with Crippen molar-refractivity contribution in [3.05, 3.63) is 52.8 Å². The maximum absolute atomic E-state index is 13.7. The molecule has 122 valence electrons. The van der Waals surface area contributed by atoms with Gasteiger partial charge in [0.05, 0.1) is 5.69 Å². The quantitative estimate of drug-likeness (QED) is 0.533. The summed E-state index contributed by atoms with van der Waals surface area (Å²) in [6, 6.07) is 9.48. The predicted octanol–water partition coefficient (Wildman–Crippen LogP) is 5.30. The molecule has 0 fully saturated rings. The first-order valence-corrected chi connectivity index (χ1v) is 7.32. The van der Waals surface area contributed by atoms with Gasteiger partial charge in [0.1, 0.15) is 11.6 Å². The Balaban J connectivity index is 2.04. The number of anilines is 2. The molecule has 2 aromatic carbocycles. The van der Waals surface area contributed by atoms with Crippen molar-refractivity contribution in [2.75, 3.05) is 10.6 Å². The largest absolute Gasteiger partial charge is 0.573 e. The van der Waals surface area contributed by atoms with E-state index in [1.165, 1.54) is 24.3 Å². The fraction of sp³-hybridized carbons (Fsp3) is 0.0714. The molecular weight excluding hydrogens is 400 g/mol. The van der Waals surface area contributed by atoms with Gasteiger partial charge in [0.25, 0.3) is 0 Å². The Morgan fingerprint density at radius 2 is 1.83 bits per heavy atom. The number of rotatable bonds is 3. The third kappa shape index (κ3) is 5.68. The SMILES string of the molecule is Fc1cc(Br)ccc1NC(=S)Nc1cccc(OC(F)(F)F)c1. The van der Waals surface area contributed by atoms with Crippen LogP contribution in [0.5, 0.6) is 5.75 Å². The summed E-state index contributed by atoms with van der Waals surface area (Å²) >= 11 is 8.13. The highest BCUT2D eigenvalue weighted by Crippen LogP contribution is 2.25. The minimum atomic E-state index is -4.78. The molecule has 0 aliphatic heterocycles. The van der Waals surface area contributed by atoms with E-state index in [-0.39, 0.29) is 22.2 Å². The Kier molecular flexibility index (Phi) is 5.42. The number of thiocarbonyl (C=S) groups is 1. The zero-order valence-corrected chi connectivity index (χ0v) is 13.7. The number of ether oxygens (including phenoxy) is 1. The molecule has 0 aromatic heterocycles. The van der Waals surface area contributed by atoms with Crippen molar-refractivity contribution in [2.24, 2.45) is 0 Å². The van der Waals surface area contributed by atoms with Gasteiger partial charge in [-0.15, -0.1) is 13.2 Å². The van der Waals surface area contributed by atoms with Gasteiger partial charge in [0.2, 0.25) is 0 Å². The standard InChI is InChI=1S/C14H9BrF4N2OS/c15-8-4-5-12(11(16)6-8)21-13(23)20-9-2-1-3-10(7-9)22-14(17,18)19/h1-7H,(H2,20,21,23). The van der Waals surface area contributed by atoms with Crippen LogP contribution in [-0.2, 0) is 0 Å². The van der Waals surface area contributed by atoms with Crippen LogP contribution in [0.4, 0.5) is 28.9 Å². The summed E-state index contributed by atoms with van der Waals surface area (Å²) in [4.78, 5) is 0. The van der Waals surface area contributed by atoms with Gasteiger partial charge in [-0.25, -0.2) is 4.39 Å². The first-order valence-electron chi connectivity index (χ1n) is 6.12. The first-order chi connectivity index (χ1) is 10.7. The number of benzene rings is 2. The number of nitrogens with one attached hydrogen (secondary N) is 2. The molecule has 0 aliphatic carbocycles. The van der Waals surface area contributed by atoms with Crippen LogP contribution in [-0.4, -0.2) is 11.5 Å². The van der Waals surface area contributed by atoms with Crippen LogP contribution in [0.2, 0.25) is 0 Å². The second-order valence-corrected chi connectivity index (χ2v) is 5.60. The maximum Gasteiger partial charge on any atom is 0.573 e. The number of halogens is 5. The predicted molar refractivity (Wildman–Crippen MR) is 87.1 cm³/mol. The van der Waals surface area contributed by atoms with E-state index in [2.05, 4.69) is 31.3 Å². The van der Waals surface area contributed by atoms with Gasteiger partial charge >= 0.3 is 6.36 Å². The van der Waals surface area contributed by atoms with Crippen molar-refractivity contribution < 1.29 is 22.3 Å². The van der Waals surface area contributed by atoms with Crippen LogP contribution < -0.4 is 15.4 Å². The van der Waals surface area contributed by atoms with Crippen molar-refractivity contribution in [1.29, 1.82) is 0 Å². The van der Waals surface area contributed by atoms with E-state index >= 15 is 0 Å². The molecule has 9 heteroatoms. The van der Waals surface area contributed by atoms with E-state index in [9.17, 15) is 17.6 Å². The van der Waals surface area contributed by atoms with Crippen molar-refractivity contribution in [3.8, 4) is 5.75 Å². The second kappa shape index (κ2) is 7.14. The Hall–Kier alpha value is -1.87. The van der Waals surface area contributed by atoms with Gasteiger partial charge in [-0.3, -0.25) is 0 Å². The van der Waals surface area contributed by atoms with Crippen molar-refractivity contribution in [2.45, 2.75) is 6.36 Å². The highest BCUT2D eigenvalue weighted by Gasteiger charge is 2.31. The molecule has 2 aromatic rings. The van der Waals surface area contributed by atoms with Crippen LogP contribution in [0.25, 0.3) is 0 Å². The van der Waals surface area contributed by atoms with Gasteiger partial charge in [0.15, 0.2) is 5.11 Å². The summed E-state index contributed by atoms with van der Waals surface area (Å²) in [5.41, 5.74) is 0.398. The lowest BCUT2D eigenvalue weighted by molar-refractivity contribution is -0.274. The van der Waals surface area contributed by atoms with Crippen LogP contribution in [0.3, 0.4) is 0 Å². The van der Waals surface area contributed by atoms with Crippen LogP contribution in [0.15, 0.2) is 46.9 Å². The highest BCUT2D eigenvalue weighted by molar-refractivity contribution is 9.10. The van der Waals surface area contributed by atoms with Gasteiger partial charge in [-0.1, -0.05) is 22.0 Å². The summed E-state index contributed by atoms with van der Waals surface area (Å²) in [7, 11) is 0. The molecule has 0 bridgehead atoms. The molecule has 0 atom stereocenters. The number of alkyl halides is 3. The molecule has 3 nitrogen and oxygen atoms in total. The summed E-state index contributed by atoms with van der Waals surface area (Å²) < 4.78 is 54.6. The second-order valence-electron chi connectivity index (χ2n) is 4.28.